The van der Waals surface area contributed by atoms with Crippen LogP contribution in [0, 0.1) is 6.92 Å². The fraction of sp³-hybridized carbons (Fsp3) is 0.409. The van der Waals surface area contributed by atoms with Crippen molar-refractivity contribution < 1.29 is 9.47 Å². The summed E-state index contributed by atoms with van der Waals surface area (Å²) in [6.07, 6.45) is 5.96. The molecule has 1 aliphatic carbocycles. The van der Waals surface area contributed by atoms with Crippen molar-refractivity contribution in [1.82, 2.24) is 19.7 Å². The van der Waals surface area contributed by atoms with Crippen LogP contribution in [0.5, 0.6) is 5.75 Å². The number of rotatable bonds is 6. The van der Waals surface area contributed by atoms with E-state index in [1.165, 1.54) is 0 Å². The highest BCUT2D eigenvalue weighted by Crippen LogP contribution is 2.35. The second-order valence-electron chi connectivity index (χ2n) is 7.40. The number of aryl methyl sites for hydroxylation is 1. The van der Waals surface area contributed by atoms with Gasteiger partial charge >= 0.3 is 0 Å². The molecular formula is C22H25ClN4O2. The van der Waals surface area contributed by atoms with Gasteiger partial charge < -0.3 is 9.47 Å². The van der Waals surface area contributed by atoms with Gasteiger partial charge in [-0.05, 0) is 69.0 Å². The average Bonchev–Trinajstić information content (AvgIpc) is 3.15. The van der Waals surface area contributed by atoms with Gasteiger partial charge in [-0.25, -0.2) is 0 Å². The first-order valence-electron chi connectivity index (χ1n) is 9.93. The van der Waals surface area contributed by atoms with Gasteiger partial charge in [0, 0.05) is 29.9 Å². The summed E-state index contributed by atoms with van der Waals surface area (Å²) in [6, 6.07) is 11.7. The van der Waals surface area contributed by atoms with Gasteiger partial charge in [-0.15, -0.1) is 10.2 Å². The van der Waals surface area contributed by atoms with E-state index in [-0.39, 0.29) is 6.10 Å². The van der Waals surface area contributed by atoms with E-state index >= 15 is 0 Å². The van der Waals surface area contributed by atoms with Crippen LogP contribution >= 0.6 is 11.6 Å². The summed E-state index contributed by atoms with van der Waals surface area (Å²) in [5.41, 5.74) is 1.94. The van der Waals surface area contributed by atoms with Gasteiger partial charge in [0.1, 0.15) is 18.2 Å². The molecule has 0 amide bonds. The monoisotopic (exact) mass is 412 g/mol. The van der Waals surface area contributed by atoms with Crippen LogP contribution in [-0.4, -0.2) is 33.0 Å². The summed E-state index contributed by atoms with van der Waals surface area (Å²) in [6.45, 7) is 2.39. The van der Waals surface area contributed by atoms with E-state index in [0.717, 1.165) is 54.5 Å². The Morgan fingerprint density at radius 1 is 1.07 bits per heavy atom. The Morgan fingerprint density at radius 2 is 1.83 bits per heavy atom. The number of methoxy groups -OCH3 is 1. The zero-order valence-corrected chi connectivity index (χ0v) is 17.5. The van der Waals surface area contributed by atoms with E-state index in [2.05, 4.69) is 19.7 Å². The predicted octanol–water partition coefficient (Wildman–Crippen LogP) is 4.88. The molecule has 1 fully saturated rings. The highest BCUT2D eigenvalue weighted by atomic mass is 35.5. The molecule has 3 aromatic rings. The Labute approximate surface area is 175 Å². The van der Waals surface area contributed by atoms with Crippen LogP contribution in [0.15, 0.2) is 42.6 Å². The number of nitrogens with zero attached hydrogens (tertiary/aromatic N) is 4. The van der Waals surface area contributed by atoms with Gasteiger partial charge in [0.2, 0.25) is 0 Å². The Kier molecular flexibility index (Phi) is 6.11. The standard InChI is InChI=1S/C22H25ClN4O2/c1-15-20(4-3-13-24-15)29-19-11-5-16(6-12-19)22-26-25-21(14-28-2)27(22)18-9-7-17(23)8-10-18/h3-4,7-10,13,16,19H,5-6,11-12,14H2,1-2H3/t16-,19-. The second kappa shape index (κ2) is 8.93. The van der Waals surface area contributed by atoms with Crippen molar-refractivity contribution in [2.45, 2.75) is 51.2 Å². The normalized spacial score (nSPS) is 19.3. The van der Waals surface area contributed by atoms with E-state index in [4.69, 9.17) is 21.1 Å². The van der Waals surface area contributed by atoms with E-state index in [0.29, 0.717) is 17.5 Å². The van der Waals surface area contributed by atoms with Crippen LogP contribution in [0.1, 0.15) is 48.9 Å². The minimum Gasteiger partial charge on any atom is -0.489 e. The SMILES string of the molecule is COCc1nnc([C@H]2CC[C@H](Oc3cccnc3C)CC2)n1-c1ccc(Cl)cc1. The lowest BCUT2D eigenvalue weighted by Gasteiger charge is -2.29. The quantitative estimate of drug-likeness (QED) is 0.577. The van der Waals surface area contributed by atoms with Gasteiger partial charge in [-0.1, -0.05) is 11.6 Å². The van der Waals surface area contributed by atoms with Gasteiger partial charge in [0.15, 0.2) is 5.82 Å². The highest BCUT2D eigenvalue weighted by molar-refractivity contribution is 6.30. The number of hydrogen-bond acceptors (Lipinski definition) is 5. The molecule has 0 spiro atoms. The van der Waals surface area contributed by atoms with Crippen molar-refractivity contribution in [2.75, 3.05) is 7.11 Å². The highest BCUT2D eigenvalue weighted by Gasteiger charge is 2.29. The molecule has 0 radical (unpaired) electrons. The molecule has 0 unspecified atom stereocenters. The van der Waals surface area contributed by atoms with Gasteiger partial charge in [-0.3, -0.25) is 9.55 Å². The number of halogens is 1. The van der Waals surface area contributed by atoms with Crippen molar-refractivity contribution in [1.29, 1.82) is 0 Å². The molecule has 0 N–H and O–H groups in total. The third-order valence-electron chi connectivity index (χ3n) is 5.40. The van der Waals surface area contributed by atoms with Crippen LogP contribution in [0.2, 0.25) is 5.02 Å². The molecule has 4 rings (SSSR count). The van der Waals surface area contributed by atoms with Crippen molar-refractivity contribution in [3.8, 4) is 11.4 Å². The maximum absolute atomic E-state index is 6.20. The van der Waals surface area contributed by atoms with Crippen LogP contribution in [-0.2, 0) is 11.3 Å². The molecule has 152 valence electrons. The first-order chi connectivity index (χ1) is 14.2. The largest absolute Gasteiger partial charge is 0.489 e. The molecule has 1 saturated carbocycles. The summed E-state index contributed by atoms with van der Waals surface area (Å²) in [5, 5.41) is 9.63. The lowest BCUT2D eigenvalue weighted by atomic mass is 9.86. The average molecular weight is 413 g/mol. The molecule has 29 heavy (non-hydrogen) atoms. The van der Waals surface area contributed by atoms with E-state index in [9.17, 15) is 0 Å². The van der Waals surface area contributed by atoms with Crippen LogP contribution in [0.25, 0.3) is 5.69 Å². The van der Waals surface area contributed by atoms with E-state index in [1.54, 1.807) is 13.3 Å². The van der Waals surface area contributed by atoms with Crippen molar-refractivity contribution in [3.63, 3.8) is 0 Å². The number of hydrogen-bond donors (Lipinski definition) is 0. The fourth-order valence-corrected chi connectivity index (χ4v) is 4.03. The molecule has 0 atom stereocenters. The summed E-state index contributed by atoms with van der Waals surface area (Å²) in [7, 11) is 1.67. The third-order valence-corrected chi connectivity index (χ3v) is 5.66. The lowest BCUT2D eigenvalue weighted by Crippen LogP contribution is -2.25. The van der Waals surface area contributed by atoms with Gasteiger partial charge in [-0.2, -0.15) is 0 Å². The molecule has 1 aliphatic rings. The molecule has 0 aliphatic heterocycles. The molecule has 2 heterocycles. The summed E-state index contributed by atoms with van der Waals surface area (Å²) >= 11 is 6.07. The third kappa shape index (κ3) is 4.43. The van der Waals surface area contributed by atoms with Crippen molar-refractivity contribution in [2.24, 2.45) is 0 Å². The number of aromatic nitrogens is 4. The lowest BCUT2D eigenvalue weighted by molar-refractivity contribution is 0.143. The van der Waals surface area contributed by atoms with Crippen LogP contribution in [0.4, 0.5) is 0 Å². The van der Waals surface area contributed by atoms with Crippen molar-refractivity contribution >= 4 is 11.6 Å². The van der Waals surface area contributed by atoms with Gasteiger partial charge in [0.25, 0.3) is 0 Å². The summed E-state index contributed by atoms with van der Waals surface area (Å²) in [5.74, 6) is 2.99. The Balaban J connectivity index is 1.51. The smallest absolute Gasteiger partial charge is 0.163 e. The fourth-order valence-electron chi connectivity index (χ4n) is 3.90. The molecule has 1 aromatic carbocycles. The topological polar surface area (TPSA) is 62.1 Å². The number of pyridine rings is 1. The number of benzene rings is 1. The molecule has 0 saturated heterocycles. The van der Waals surface area contributed by atoms with Crippen LogP contribution in [0.3, 0.4) is 0 Å². The summed E-state index contributed by atoms with van der Waals surface area (Å²) < 4.78 is 13.6. The minimum absolute atomic E-state index is 0.208. The minimum atomic E-state index is 0.208. The first-order valence-corrected chi connectivity index (χ1v) is 10.3. The van der Waals surface area contributed by atoms with Crippen molar-refractivity contribution in [3.05, 3.63) is 65.0 Å². The molecule has 7 heteroatoms. The maximum atomic E-state index is 6.20. The molecule has 6 nitrogen and oxygen atoms in total. The Hall–Kier alpha value is -2.44. The maximum Gasteiger partial charge on any atom is 0.163 e. The predicted molar refractivity (Wildman–Crippen MR) is 112 cm³/mol. The molecule has 0 bridgehead atoms. The van der Waals surface area contributed by atoms with E-state index in [1.807, 2.05) is 43.3 Å². The Morgan fingerprint density at radius 3 is 2.52 bits per heavy atom. The van der Waals surface area contributed by atoms with Crippen LogP contribution < -0.4 is 4.74 Å². The zero-order chi connectivity index (χ0) is 20.2. The Bertz CT molecular complexity index is 950. The number of ether oxygens (including phenoxy) is 2. The molecular weight excluding hydrogens is 388 g/mol. The van der Waals surface area contributed by atoms with Gasteiger partial charge in [0.05, 0.1) is 11.8 Å². The second-order valence-corrected chi connectivity index (χ2v) is 7.83. The molecule has 2 aromatic heterocycles. The zero-order valence-electron chi connectivity index (χ0n) is 16.7. The summed E-state index contributed by atoms with van der Waals surface area (Å²) in [4.78, 5) is 4.31. The first kappa shape index (κ1) is 19.9. The van der Waals surface area contributed by atoms with E-state index < -0.39 is 0 Å².